The first kappa shape index (κ1) is 23.2. The smallest absolute Gasteiger partial charge is 0.244 e. The third-order valence-corrected chi connectivity index (χ3v) is 7.65. The van der Waals surface area contributed by atoms with Crippen molar-refractivity contribution >= 4 is 58.2 Å². The number of halogens is 2. The third kappa shape index (κ3) is 4.67. The maximum absolute atomic E-state index is 13.2. The fourth-order valence-electron chi connectivity index (χ4n) is 4.56. The number of hydrogen-bond acceptors (Lipinski definition) is 5. The maximum atomic E-state index is 13.2. The molecule has 7 nitrogen and oxygen atoms in total. The molecule has 176 valence electrons. The van der Waals surface area contributed by atoms with E-state index in [1.807, 2.05) is 24.3 Å². The molecule has 0 spiro atoms. The van der Waals surface area contributed by atoms with Crippen LogP contribution in [-0.2, 0) is 9.59 Å². The van der Waals surface area contributed by atoms with E-state index in [4.69, 9.17) is 23.2 Å². The Kier molecular flexibility index (Phi) is 6.81. The summed E-state index contributed by atoms with van der Waals surface area (Å²) in [5.41, 5.74) is 2.11. The molecule has 0 atom stereocenters. The number of hydrogen-bond donors (Lipinski definition) is 1. The van der Waals surface area contributed by atoms with Crippen LogP contribution in [0, 0.1) is 0 Å². The topological polar surface area (TPSA) is 80.1 Å². The van der Waals surface area contributed by atoms with Crippen LogP contribution in [0.3, 0.4) is 0 Å². The zero-order valence-electron chi connectivity index (χ0n) is 18.3. The second-order valence-corrected chi connectivity index (χ2v) is 10.2. The lowest BCUT2D eigenvalue weighted by Gasteiger charge is -2.29. The number of aromatic nitrogens is 3. The summed E-state index contributed by atoms with van der Waals surface area (Å²) >= 11 is 13.9. The van der Waals surface area contributed by atoms with Gasteiger partial charge >= 0.3 is 0 Å². The molecule has 0 radical (unpaired) electrons. The van der Waals surface area contributed by atoms with Crippen molar-refractivity contribution in [3.63, 3.8) is 0 Å². The molecule has 1 aliphatic carbocycles. The lowest BCUT2D eigenvalue weighted by atomic mass is 9.95. The van der Waals surface area contributed by atoms with Crippen molar-refractivity contribution in [2.75, 3.05) is 22.5 Å². The summed E-state index contributed by atoms with van der Waals surface area (Å²) in [6.07, 6.45) is 5.54. The number of anilines is 2. The molecule has 10 heteroatoms. The normalized spacial score (nSPS) is 16.3. The first-order valence-electron chi connectivity index (χ1n) is 11.2. The number of para-hydroxylation sites is 2. The molecular weight excluding hydrogens is 493 g/mol. The minimum Gasteiger partial charge on any atom is -0.323 e. The molecule has 3 aromatic rings. The van der Waals surface area contributed by atoms with Gasteiger partial charge in [0.1, 0.15) is 6.54 Å². The highest BCUT2D eigenvalue weighted by atomic mass is 35.5. The molecule has 0 bridgehead atoms. The minimum absolute atomic E-state index is 0.00262. The second kappa shape index (κ2) is 9.98. The van der Waals surface area contributed by atoms with Crippen LogP contribution < -0.4 is 10.2 Å². The summed E-state index contributed by atoms with van der Waals surface area (Å²) in [5.74, 6) is 0.464. The summed E-state index contributed by atoms with van der Waals surface area (Å²) in [5, 5.41) is 13.5. The Hall–Kier alpha value is -2.55. The number of carbonyl (C=O) groups is 2. The molecule has 1 saturated carbocycles. The van der Waals surface area contributed by atoms with Crippen LogP contribution in [0.4, 0.5) is 11.4 Å². The van der Waals surface area contributed by atoms with Gasteiger partial charge in [-0.2, -0.15) is 0 Å². The number of carbonyl (C=O) groups excluding carboxylic acids is 2. The summed E-state index contributed by atoms with van der Waals surface area (Å²) in [4.78, 5) is 26.8. The highest BCUT2D eigenvalue weighted by molar-refractivity contribution is 7.99. The monoisotopic (exact) mass is 515 g/mol. The van der Waals surface area contributed by atoms with Gasteiger partial charge in [-0.3, -0.25) is 14.2 Å². The van der Waals surface area contributed by atoms with Gasteiger partial charge in [0.2, 0.25) is 11.8 Å². The van der Waals surface area contributed by atoms with Gasteiger partial charge in [0.05, 0.1) is 22.2 Å². The molecule has 1 fully saturated rings. The van der Waals surface area contributed by atoms with E-state index < -0.39 is 0 Å². The van der Waals surface area contributed by atoms with Crippen molar-refractivity contribution < 1.29 is 9.59 Å². The fraction of sp³-hybridized carbons (Fsp3) is 0.333. The summed E-state index contributed by atoms with van der Waals surface area (Å²) in [6.45, 7) is -0.00262. The predicted octanol–water partition coefficient (Wildman–Crippen LogP) is 5.83. The predicted molar refractivity (Wildman–Crippen MR) is 136 cm³/mol. The van der Waals surface area contributed by atoms with E-state index >= 15 is 0 Å². The van der Waals surface area contributed by atoms with Crippen LogP contribution in [0.25, 0.3) is 11.4 Å². The molecule has 2 aliphatic rings. The third-order valence-electron chi connectivity index (χ3n) is 6.17. The van der Waals surface area contributed by atoms with E-state index in [2.05, 4.69) is 20.1 Å². The molecule has 1 N–H and O–H groups in total. The number of thioether (sulfide) groups is 1. The van der Waals surface area contributed by atoms with Crippen molar-refractivity contribution in [3.05, 3.63) is 52.5 Å². The largest absolute Gasteiger partial charge is 0.323 e. The zero-order chi connectivity index (χ0) is 23.7. The number of amides is 2. The van der Waals surface area contributed by atoms with Gasteiger partial charge in [-0.15, -0.1) is 10.2 Å². The molecule has 2 amide bonds. The molecule has 34 heavy (non-hydrogen) atoms. The molecule has 0 unspecified atom stereocenters. The molecule has 0 saturated heterocycles. The van der Waals surface area contributed by atoms with Crippen LogP contribution in [-0.4, -0.2) is 38.9 Å². The Morgan fingerprint density at radius 3 is 2.68 bits per heavy atom. The van der Waals surface area contributed by atoms with E-state index in [-0.39, 0.29) is 30.2 Å². The van der Waals surface area contributed by atoms with Crippen LogP contribution in [0.15, 0.2) is 47.6 Å². The first-order valence-corrected chi connectivity index (χ1v) is 13.0. The van der Waals surface area contributed by atoms with Crippen molar-refractivity contribution in [3.8, 4) is 11.4 Å². The Morgan fingerprint density at radius 2 is 1.88 bits per heavy atom. The van der Waals surface area contributed by atoms with Gasteiger partial charge in [0.15, 0.2) is 11.0 Å². The highest BCUT2D eigenvalue weighted by Crippen LogP contribution is 2.38. The number of rotatable bonds is 5. The molecule has 2 aromatic carbocycles. The molecular formula is C24H23Cl2N5O2S. The Morgan fingerprint density at radius 1 is 1.09 bits per heavy atom. The van der Waals surface area contributed by atoms with E-state index in [1.165, 1.54) is 23.1 Å². The average Bonchev–Trinajstić information content (AvgIpc) is 3.26. The summed E-state index contributed by atoms with van der Waals surface area (Å²) in [7, 11) is 0. The Labute approximate surface area is 211 Å². The lowest BCUT2D eigenvalue weighted by molar-refractivity contribution is -0.120. The van der Waals surface area contributed by atoms with Gasteiger partial charge in [0.25, 0.3) is 0 Å². The number of benzene rings is 2. The first-order chi connectivity index (χ1) is 16.5. The van der Waals surface area contributed by atoms with Crippen molar-refractivity contribution in [1.82, 2.24) is 14.8 Å². The Balaban J connectivity index is 1.42. The van der Waals surface area contributed by atoms with Gasteiger partial charge in [0, 0.05) is 16.6 Å². The minimum atomic E-state index is -0.206. The van der Waals surface area contributed by atoms with Gasteiger partial charge < -0.3 is 10.2 Å². The summed E-state index contributed by atoms with van der Waals surface area (Å²) in [6, 6.07) is 12.9. The second-order valence-electron chi connectivity index (χ2n) is 8.43. The molecule has 5 rings (SSSR count). The standard InChI is InChI=1S/C24H23Cl2N5O2S/c25-15-10-11-17(18(26)12-15)23-28-29-24(31(23)16-6-2-1-3-7-16)34-14-22(33)30-13-21(32)27-19-8-4-5-9-20(19)30/h4-5,8-12,16H,1-3,6-7,13-14H2,(H,27,32). The van der Waals surface area contributed by atoms with Crippen LogP contribution >= 0.6 is 35.0 Å². The number of nitrogens with zero attached hydrogens (tertiary/aromatic N) is 4. The SMILES string of the molecule is O=C1CN(C(=O)CSc2nnc(-c3ccc(Cl)cc3Cl)n2C2CCCCC2)c2ccccc2N1. The van der Waals surface area contributed by atoms with Crippen molar-refractivity contribution in [2.24, 2.45) is 0 Å². The zero-order valence-corrected chi connectivity index (χ0v) is 20.7. The van der Waals surface area contributed by atoms with Crippen molar-refractivity contribution in [2.45, 2.75) is 43.3 Å². The van der Waals surface area contributed by atoms with Crippen LogP contribution in [0.1, 0.15) is 38.1 Å². The average molecular weight is 516 g/mol. The molecule has 1 aliphatic heterocycles. The quantitative estimate of drug-likeness (QED) is 0.432. The fourth-order valence-corrected chi connectivity index (χ4v) is 5.93. The van der Waals surface area contributed by atoms with E-state index in [0.29, 0.717) is 32.4 Å². The van der Waals surface area contributed by atoms with Gasteiger partial charge in [-0.1, -0.05) is 66.4 Å². The van der Waals surface area contributed by atoms with Crippen molar-refractivity contribution in [1.29, 1.82) is 0 Å². The van der Waals surface area contributed by atoms with E-state index in [1.54, 1.807) is 18.2 Å². The highest BCUT2D eigenvalue weighted by Gasteiger charge is 2.29. The number of nitrogens with one attached hydrogen (secondary N) is 1. The number of fused-ring (bicyclic) bond motifs is 1. The Bertz CT molecular complexity index is 1240. The van der Waals surface area contributed by atoms with Gasteiger partial charge in [-0.25, -0.2) is 0 Å². The van der Waals surface area contributed by atoms with Gasteiger partial charge in [-0.05, 0) is 43.2 Å². The van der Waals surface area contributed by atoms with E-state index in [0.717, 1.165) is 31.2 Å². The van der Waals surface area contributed by atoms with Crippen LogP contribution in [0.5, 0.6) is 0 Å². The molecule has 2 heterocycles. The van der Waals surface area contributed by atoms with E-state index in [9.17, 15) is 9.59 Å². The van der Waals surface area contributed by atoms with Crippen LogP contribution in [0.2, 0.25) is 10.0 Å². The summed E-state index contributed by atoms with van der Waals surface area (Å²) < 4.78 is 2.13. The lowest BCUT2D eigenvalue weighted by Crippen LogP contribution is -2.43. The molecule has 1 aromatic heterocycles. The maximum Gasteiger partial charge on any atom is 0.244 e.